The predicted molar refractivity (Wildman–Crippen MR) is 289 cm³/mol. The number of carbonyl (C=O) groups excluding carboxylic acids is 2. The van der Waals surface area contributed by atoms with E-state index < -0.39 is 126 Å². The van der Waals surface area contributed by atoms with Crippen molar-refractivity contribution in [1.29, 1.82) is 0 Å². The van der Waals surface area contributed by atoms with E-state index in [1.165, 1.54) is 25.0 Å². The van der Waals surface area contributed by atoms with Gasteiger partial charge in [-0.05, 0) is 112 Å². The number of cyclic esters (lactones) is 2. The molecular weight excluding hydrogens is 1030 g/mol. The van der Waals surface area contributed by atoms with Crippen LogP contribution >= 0.6 is 0 Å². The number of anilines is 2. The highest BCUT2D eigenvalue weighted by Crippen LogP contribution is 2.41. The highest BCUT2D eigenvalue weighted by atomic mass is 19.1. The van der Waals surface area contributed by atoms with Gasteiger partial charge in [-0.3, -0.25) is 14.6 Å². The van der Waals surface area contributed by atoms with Gasteiger partial charge in [-0.15, -0.1) is 5.10 Å². The van der Waals surface area contributed by atoms with Gasteiger partial charge in [-0.1, -0.05) is 32.1 Å². The summed E-state index contributed by atoms with van der Waals surface area (Å²) in [7, 11) is 5.19. The van der Waals surface area contributed by atoms with E-state index in [0.29, 0.717) is 62.9 Å². The first-order valence-corrected chi connectivity index (χ1v) is 28.1. The molecule has 19 atom stereocenters. The number of ether oxygens (including phenoxy) is 8. The van der Waals surface area contributed by atoms with Crippen LogP contribution in [0.1, 0.15) is 101 Å². The quantitative estimate of drug-likeness (QED) is 0.170. The number of aliphatic hydroxyl groups is 5. The van der Waals surface area contributed by atoms with Crippen LogP contribution in [0.2, 0.25) is 0 Å². The Bertz CT molecular complexity index is 2360. The molecule has 5 aliphatic heterocycles. The molecule has 6 heterocycles. The number of rotatable bonds is 14. The number of benzene rings is 1. The number of likely N-dealkylation sites (N-methyl/N-ethyl adjacent to an activating group) is 2. The van der Waals surface area contributed by atoms with E-state index in [-0.39, 0.29) is 38.3 Å². The van der Waals surface area contributed by atoms with E-state index in [1.54, 1.807) is 77.6 Å². The van der Waals surface area contributed by atoms with Gasteiger partial charge in [0.25, 0.3) is 0 Å². The summed E-state index contributed by atoms with van der Waals surface area (Å²) in [5.74, 6) is -3.31. The lowest BCUT2D eigenvalue weighted by Gasteiger charge is -2.49. The maximum Gasteiger partial charge on any atom is 0.414 e. The fourth-order valence-corrected chi connectivity index (χ4v) is 12.4. The topological polar surface area (TPSA) is 253 Å². The van der Waals surface area contributed by atoms with Crippen LogP contribution in [0.3, 0.4) is 0 Å². The molecule has 1 aromatic heterocycles. The van der Waals surface area contributed by atoms with Crippen molar-refractivity contribution in [1.82, 2.24) is 24.8 Å². The van der Waals surface area contributed by atoms with Gasteiger partial charge in [0, 0.05) is 57.7 Å². The molecule has 0 saturated carbocycles. The Kier molecular flexibility index (Phi) is 20.7. The molecule has 0 bridgehead atoms. The lowest BCUT2D eigenvalue weighted by atomic mass is 9.77. The second kappa shape index (κ2) is 26.1. The summed E-state index contributed by atoms with van der Waals surface area (Å²) in [6.45, 7) is 20.8. The first-order chi connectivity index (χ1) is 37.2. The molecular formula is C56H90FN7O15. The first kappa shape index (κ1) is 62.6. The summed E-state index contributed by atoms with van der Waals surface area (Å²) in [6, 6.07) is 3.66. The van der Waals surface area contributed by atoms with E-state index >= 15 is 4.39 Å². The number of morpholine rings is 1. The molecule has 1 amide bonds. The SMILES string of the molecule is CC[C@H]1OC(=O)[C@H](C)[C@@H](O[C@H]2C[C@@](C)(OC)[C@@H](O)[C@H](C)O2)[C@H](C)[C@@H](OC2O[C@H](C)C[C@H](N(C)C/C=C/c3cn(C[C@H]4CN(c5ccc(N6CCOCC6)c(F)c5)C(=O)O4)nn3)[C@H]2O)[C@](C)(O)C[C@@H](C)CN(C)[C@H](C)[C@@H](O)[C@]1(C)O. The molecule has 5 N–H and O–H groups in total. The summed E-state index contributed by atoms with van der Waals surface area (Å²) < 4.78 is 66.1. The van der Waals surface area contributed by atoms with Crippen LogP contribution in [0.5, 0.6) is 0 Å². The monoisotopic (exact) mass is 1120 g/mol. The van der Waals surface area contributed by atoms with Crippen LogP contribution in [0.15, 0.2) is 30.5 Å². The molecule has 2 aromatic rings. The Hall–Kier alpha value is -3.95. The van der Waals surface area contributed by atoms with Crippen LogP contribution in [0, 0.1) is 23.6 Å². The van der Waals surface area contributed by atoms with Crippen LogP contribution < -0.4 is 9.80 Å². The number of esters is 1. The highest BCUT2D eigenvalue weighted by Gasteiger charge is 2.53. The molecule has 23 heteroatoms. The molecule has 1 unspecified atom stereocenters. The zero-order valence-corrected chi connectivity index (χ0v) is 48.5. The molecule has 446 valence electrons. The van der Waals surface area contributed by atoms with Crippen molar-refractivity contribution >= 4 is 29.5 Å². The summed E-state index contributed by atoms with van der Waals surface area (Å²) in [5, 5.41) is 68.4. The minimum absolute atomic E-state index is 0.0810. The second-order valence-electron chi connectivity index (χ2n) is 23.8. The van der Waals surface area contributed by atoms with E-state index in [4.69, 9.17) is 37.9 Å². The zero-order chi connectivity index (χ0) is 57.9. The number of methoxy groups -OCH3 is 1. The third-order valence-electron chi connectivity index (χ3n) is 17.2. The summed E-state index contributed by atoms with van der Waals surface area (Å²) in [4.78, 5) is 34.7. The molecule has 0 spiro atoms. The molecule has 79 heavy (non-hydrogen) atoms. The third kappa shape index (κ3) is 14.5. The Labute approximate surface area is 464 Å². The van der Waals surface area contributed by atoms with Crippen molar-refractivity contribution in [2.75, 3.05) is 76.9 Å². The van der Waals surface area contributed by atoms with E-state index in [9.17, 15) is 35.1 Å². The van der Waals surface area contributed by atoms with Gasteiger partial charge in [-0.2, -0.15) is 0 Å². The molecule has 0 aliphatic carbocycles. The normalized spacial score (nSPS) is 39.9. The number of amides is 1. The van der Waals surface area contributed by atoms with Crippen molar-refractivity contribution in [3.8, 4) is 0 Å². The van der Waals surface area contributed by atoms with Gasteiger partial charge < -0.3 is 73.2 Å². The van der Waals surface area contributed by atoms with Gasteiger partial charge in [0.2, 0.25) is 0 Å². The van der Waals surface area contributed by atoms with Gasteiger partial charge in [0.1, 0.15) is 47.6 Å². The van der Waals surface area contributed by atoms with Crippen LogP contribution in [0.4, 0.5) is 20.6 Å². The molecule has 5 aliphatic rings. The second-order valence-corrected chi connectivity index (χ2v) is 23.8. The average Bonchev–Trinajstić information content (AvgIpc) is 4.04. The number of halogens is 1. The molecule has 22 nitrogen and oxygen atoms in total. The molecule has 0 radical (unpaired) electrons. The maximum absolute atomic E-state index is 15.2. The van der Waals surface area contributed by atoms with Crippen molar-refractivity contribution < 1.29 is 77.4 Å². The highest BCUT2D eigenvalue weighted by molar-refractivity contribution is 5.90. The third-order valence-corrected chi connectivity index (χ3v) is 17.2. The zero-order valence-electron chi connectivity index (χ0n) is 48.5. The minimum atomic E-state index is -1.86. The lowest BCUT2D eigenvalue weighted by Crippen LogP contribution is -2.60. The van der Waals surface area contributed by atoms with Gasteiger partial charge in [0.05, 0.1) is 85.4 Å². The molecule has 5 saturated heterocycles. The number of hydrogen-bond donors (Lipinski definition) is 5. The Morgan fingerprint density at radius 2 is 1.66 bits per heavy atom. The van der Waals surface area contributed by atoms with Crippen LogP contribution in [-0.4, -0.2) is 226 Å². The average molecular weight is 1120 g/mol. The minimum Gasteiger partial charge on any atom is -0.459 e. The Morgan fingerprint density at radius 1 is 0.949 bits per heavy atom. The number of aromatic nitrogens is 3. The standard InChI is InChI=1S/C56H90FN7O15/c1-14-44-56(10,71)48(66)36(6)61(12)28-32(2)26-54(8,70)50(34(4)47(35(5)51(68)77-44)78-45-27-55(9,72-13)49(67)37(7)75-45)79-52-46(65)43(24-33(3)74-52)60(11)19-15-16-38-29-63(59-58-38)30-40-31-64(53(69)76-40)39-17-18-42(41(57)25-39)62-20-22-73-23-21-62/h15-18,25,29,32-37,40,43-50,52,65-67,70-71H,14,19-24,26-28,30-31H2,1-13H3/b16-15+/t32-,33-,34+,35-,36-,37+,40+,43+,44-,45+,46-,47+,48-,49+,50-,52?,54-,55-,56-/m1/s1. The van der Waals surface area contributed by atoms with Crippen molar-refractivity contribution in [3.63, 3.8) is 0 Å². The number of nitrogens with zero attached hydrogens (tertiary/aromatic N) is 7. The van der Waals surface area contributed by atoms with Crippen molar-refractivity contribution in [2.24, 2.45) is 17.8 Å². The lowest BCUT2D eigenvalue weighted by molar-refractivity contribution is -0.318. The summed E-state index contributed by atoms with van der Waals surface area (Å²) in [6.07, 6.45) is -5.21. The van der Waals surface area contributed by atoms with Gasteiger partial charge in [0.15, 0.2) is 12.6 Å². The Morgan fingerprint density at radius 3 is 2.33 bits per heavy atom. The van der Waals surface area contributed by atoms with Gasteiger partial charge >= 0.3 is 12.1 Å². The smallest absolute Gasteiger partial charge is 0.414 e. The fourth-order valence-electron chi connectivity index (χ4n) is 12.4. The maximum atomic E-state index is 15.2. The molecule has 1 aromatic carbocycles. The van der Waals surface area contributed by atoms with E-state index in [1.807, 2.05) is 48.7 Å². The van der Waals surface area contributed by atoms with Crippen molar-refractivity contribution in [2.45, 2.75) is 198 Å². The predicted octanol–water partition coefficient (Wildman–Crippen LogP) is 3.58. The summed E-state index contributed by atoms with van der Waals surface area (Å²) >= 11 is 0. The number of aliphatic hydroxyl groups excluding tert-OH is 3. The first-order valence-electron chi connectivity index (χ1n) is 28.1. The number of carbonyl (C=O) groups is 2. The van der Waals surface area contributed by atoms with Crippen LogP contribution in [-0.2, 0) is 49.2 Å². The largest absolute Gasteiger partial charge is 0.459 e. The summed E-state index contributed by atoms with van der Waals surface area (Å²) in [5.41, 5.74) is -3.20. The van der Waals surface area contributed by atoms with Crippen molar-refractivity contribution in [3.05, 3.63) is 42.0 Å². The van der Waals surface area contributed by atoms with Gasteiger partial charge in [-0.25, -0.2) is 13.9 Å². The fraction of sp³-hybridized carbons (Fsp3) is 0.786. The van der Waals surface area contributed by atoms with E-state index in [0.717, 1.165) is 0 Å². The van der Waals surface area contributed by atoms with Crippen LogP contribution in [0.25, 0.3) is 6.08 Å². The molecule has 5 fully saturated rings. The van der Waals surface area contributed by atoms with E-state index in [2.05, 4.69) is 10.3 Å². The number of hydrogen-bond acceptors (Lipinski definition) is 20. The molecule has 7 rings (SSSR count). The Balaban J connectivity index is 1.07.